The molecular weight excluding hydrogens is 292 g/mol. The minimum atomic E-state index is -0.0750. The van der Waals surface area contributed by atoms with Crippen LogP contribution in [0.1, 0.15) is 6.42 Å². The zero-order valence-corrected chi connectivity index (χ0v) is 12.3. The Labute approximate surface area is 127 Å². The Morgan fingerprint density at radius 1 is 1.29 bits per heavy atom. The second-order valence-corrected chi connectivity index (χ2v) is 5.42. The third kappa shape index (κ3) is 3.37. The highest BCUT2D eigenvalue weighted by Crippen LogP contribution is 2.13. The molecule has 0 spiro atoms. The summed E-state index contributed by atoms with van der Waals surface area (Å²) < 4.78 is 14.2. The van der Waals surface area contributed by atoms with Crippen LogP contribution in [0, 0.1) is 0 Å². The van der Waals surface area contributed by atoms with Gasteiger partial charge in [0.15, 0.2) is 0 Å². The van der Waals surface area contributed by atoms with Crippen molar-refractivity contribution in [1.29, 1.82) is 0 Å². The number of hydrogen-bond donors (Lipinski definition) is 0. The van der Waals surface area contributed by atoms with Gasteiger partial charge in [-0.25, -0.2) is 4.79 Å². The SMILES string of the molecule is O=c1n(CCC2COCCO2)ccn1-c1cccc(Cl)c1. The predicted molar refractivity (Wildman–Crippen MR) is 80.2 cm³/mol. The first kappa shape index (κ1) is 14.4. The van der Waals surface area contributed by atoms with Crippen LogP contribution in [-0.4, -0.2) is 35.1 Å². The summed E-state index contributed by atoms with van der Waals surface area (Å²) in [5, 5.41) is 0.611. The van der Waals surface area contributed by atoms with E-state index in [0.717, 1.165) is 12.1 Å². The monoisotopic (exact) mass is 308 g/mol. The van der Waals surface area contributed by atoms with Crippen LogP contribution in [0.2, 0.25) is 5.02 Å². The molecule has 3 rings (SSSR count). The summed E-state index contributed by atoms with van der Waals surface area (Å²) in [6, 6.07) is 7.24. The second kappa shape index (κ2) is 6.47. The van der Waals surface area contributed by atoms with Gasteiger partial charge in [-0.1, -0.05) is 17.7 Å². The summed E-state index contributed by atoms with van der Waals surface area (Å²) in [6.07, 6.45) is 4.37. The maximum atomic E-state index is 12.4. The maximum absolute atomic E-state index is 12.4. The molecule has 0 amide bonds. The van der Waals surface area contributed by atoms with Gasteiger partial charge in [0.2, 0.25) is 0 Å². The number of nitrogens with zero attached hydrogens (tertiary/aromatic N) is 2. The van der Waals surface area contributed by atoms with E-state index in [1.807, 2.05) is 12.1 Å². The standard InChI is InChI=1S/C15H17ClN2O3/c16-12-2-1-3-13(10-12)18-7-6-17(15(18)19)5-4-14-11-20-8-9-21-14/h1-3,6-7,10,14H,4-5,8-9,11H2. The van der Waals surface area contributed by atoms with Crippen molar-refractivity contribution in [3.63, 3.8) is 0 Å². The van der Waals surface area contributed by atoms with E-state index >= 15 is 0 Å². The molecule has 1 aromatic heterocycles. The quantitative estimate of drug-likeness (QED) is 0.869. The first-order valence-electron chi connectivity index (χ1n) is 6.97. The van der Waals surface area contributed by atoms with Crippen LogP contribution >= 0.6 is 11.6 Å². The van der Waals surface area contributed by atoms with Crippen molar-refractivity contribution in [2.75, 3.05) is 19.8 Å². The van der Waals surface area contributed by atoms with Gasteiger partial charge in [-0.3, -0.25) is 9.13 Å². The molecule has 0 N–H and O–H groups in total. The van der Waals surface area contributed by atoms with E-state index < -0.39 is 0 Å². The van der Waals surface area contributed by atoms with Gasteiger partial charge < -0.3 is 9.47 Å². The first-order valence-corrected chi connectivity index (χ1v) is 7.35. The predicted octanol–water partition coefficient (Wildman–Crippen LogP) is 2.10. The van der Waals surface area contributed by atoms with Crippen molar-refractivity contribution < 1.29 is 9.47 Å². The summed E-state index contributed by atoms with van der Waals surface area (Å²) in [5.41, 5.74) is 0.692. The highest BCUT2D eigenvalue weighted by molar-refractivity contribution is 6.30. The van der Waals surface area contributed by atoms with Gasteiger partial charge in [-0.2, -0.15) is 0 Å². The van der Waals surface area contributed by atoms with Gasteiger partial charge in [0.1, 0.15) is 0 Å². The van der Waals surface area contributed by atoms with E-state index in [-0.39, 0.29) is 11.8 Å². The van der Waals surface area contributed by atoms with E-state index in [9.17, 15) is 4.79 Å². The molecule has 112 valence electrons. The molecule has 1 aliphatic heterocycles. The molecule has 5 nitrogen and oxygen atoms in total. The fraction of sp³-hybridized carbons (Fsp3) is 0.400. The smallest absolute Gasteiger partial charge is 0.332 e. The fourth-order valence-electron chi connectivity index (χ4n) is 2.39. The molecule has 0 bridgehead atoms. The maximum Gasteiger partial charge on any atom is 0.332 e. The lowest BCUT2D eigenvalue weighted by atomic mass is 10.2. The number of ether oxygens (including phenoxy) is 2. The Bertz CT molecular complexity index is 659. The average Bonchev–Trinajstić information content (AvgIpc) is 2.87. The minimum Gasteiger partial charge on any atom is -0.376 e. The highest BCUT2D eigenvalue weighted by Gasteiger charge is 2.15. The number of imidazole rings is 1. The molecule has 1 saturated heterocycles. The second-order valence-electron chi connectivity index (χ2n) is 4.98. The number of halogens is 1. The Morgan fingerprint density at radius 2 is 2.19 bits per heavy atom. The summed E-state index contributed by atoms with van der Waals surface area (Å²) in [4.78, 5) is 12.4. The van der Waals surface area contributed by atoms with Crippen LogP contribution in [0.25, 0.3) is 5.69 Å². The molecule has 1 atom stereocenters. The van der Waals surface area contributed by atoms with E-state index in [1.165, 1.54) is 0 Å². The Kier molecular flexibility index (Phi) is 4.43. The Balaban J connectivity index is 1.72. The molecule has 1 aliphatic rings. The molecule has 21 heavy (non-hydrogen) atoms. The van der Waals surface area contributed by atoms with Crippen LogP contribution in [0.3, 0.4) is 0 Å². The first-order chi connectivity index (χ1) is 10.2. The lowest BCUT2D eigenvalue weighted by Crippen LogP contribution is -2.31. The molecule has 6 heteroatoms. The number of aryl methyl sites for hydroxylation is 1. The van der Waals surface area contributed by atoms with Gasteiger partial charge in [-0.05, 0) is 24.6 Å². The van der Waals surface area contributed by atoms with Crippen molar-refractivity contribution >= 4 is 11.6 Å². The lowest BCUT2D eigenvalue weighted by Gasteiger charge is -2.22. The molecule has 0 aliphatic carbocycles. The van der Waals surface area contributed by atoms with Crippen molar-refractivity contribution in [2.45, 2.75) is 19.1 Å². The van der Waals surface area contributed by atoms with Gasteiger partial charge in [0.05, 0.1) is 31.6 Å². The average molecular weight is 309 g/mol. The molecule has 0 radical (unpaired) electrons. The van der Waals surface area contributed by atoms with Gasteiger partial charge >= 0.3 is 5.69 Å². The van der Waals surface area contributed by atoms with E-state index in [1.54, 1.807) is 33.7 Å². The van der Waals surface area contributed by atoms with E-state index in [4.69, 9.17) is 21.1 Å². The molecule has 1 aromatic carbocycles. The largest absolute Gasteiger partial charge is 0.376 e. The third-order valence-corrected chi connectivity index (χ3v) is 3.75. The number of hydrogen-bond acceptors (Lipinski definition) is 3. The van der Waals surface area contributed by atoms with Crippen LogP contribution in [0.4, 0.5) is 0 Å². The van der Waals surface area contributed by atoms with E-state index in [0.29, 0.717) is 31.4 Å². The molecule has 2 aromatic rings. The van der Waals surface area contributed by atoms with Crippen LogP contribution in [0.5, 0.6) is 0 Å². The van der Waals surface area contributed by atoms with Crippen molar-refractivity contribution in [2.24, 2.45) is 0 Å². The van der Waals surface area contributed by atoms with Crippen LogP contribution in [-0.2, 0) is 16.0 Å². The van der Waals surface area contributed by atoms with Crippen molar-refractivity contribution in [3.05, 3.63) is 52.2 Å². The zero-order valence-electron chi connectivity index (χ0n) is 11.6. The third-order valence-electron chi connectivity index (χ3n) is 3.51. The summed E-state index contributed by atoms with van der Waals surface area (Å²) in [7, 11) is 0. The summed E-state index contributed by atoms with van der Waals surface area (Å²) >= 11 is 5.96. The molecule has 1 unspecified atom stereocenters. The minimum absolute atomic E-state index is 0.0696. The highest BCUT2D eigenvalue weighted by atomic mass is 35.5. The van der Waals surface area contributed by atoms with Gasteiger partial charge in [0, 0.05) is 24.0 Å². The summed E-state index contributed by atoms with van der Waals surface area (Å²) in [5.74, 6) is 0. The molecule has 1 fully saturated rings. The van der Waals surface area contributed by atoms with Gasteiger partial charge in [-0.15, -0.1) is 0 Å². The van der Waals surface area contributed by atoms with Crippen molar-refractivity contribution in [3.8, 4) is 5.69 Å². The summed E-state index contributed by atoms with van der Waals surface area (Å²) in [6.45, 7) is 2.49. The van der Waals surface area contributed by atoms with Crippen LogP contribution < -0.4 is 5.69 Å². The van der Waals surface area contributed by atoms with Crippen molar-refractivity contribution in [1.82, 2.24) is 9.13 Å². The lowest BCUT2D eigenvalue weighted by molar-refractivity contribution is -0.0918. The molecule has 0 saturated carbocycles. The number of rotatable bonds is 4. The normalized spacial score (nSPS) is 18.8. The number of benzene rings is 1. The van der Waals surface area contributed by atoms with E-state index in [2.05, 4.69) is 0 Å². The van der Waals surface area contributed by atoms with Crippen LogP contribution in [0.15, 0.2) is 41.5 Å². The number of aromatic nitrogens is 2. The zero-order chi connectivity index (χ0) is 14.7. The van der Waals surface area contributed by atoms with Gasteiger partial charge in [0.25, 0.3) is 0 Å². The Morgan fingerprint density at radius 3 is 2.95 bits per heavy atom. The Hall–Kier alpha value is -1.56. The molecule has 2 heterocycles. The topological polar surface area (TPSA) is 45.4 Å². The fourth-order valence-corrected chi connectivity index (χ4v) is 2.58. The molecular formula is C15H17ClN2O3.